The number of thiol groups is 1. The third kappa shape index (κ3) is 9.24. The molecule has 3 unspecified atom stereocenters. The fraction of sp³-hybridized carbons (Fsp3) is 0.588. The number of hydrogen-bond acceptors (Lipinski definition) is 8. The van der Waals surface area contributed by atoms with E-state index in [9.17, 15) is 24.3 Å². The van der Waals surface area contributed by atoms with Crippen LogP contribution >= 0.6 is 12.6 Å². The van der Waals surface area contributed by atoms with Crippen LogP contribution in [0.2, 0.25) is 0 Å². The Morgan fingerprint density at radius 2 is 1.90 bits per heavy atom. The zero-order valence-electron chi connectivity index (χ0n) is 16.5. The number of carboxylic acid groups (broad SMARTS) is 1. The van der Waals surface area contributed by atoms with E-state index in [1.165, 1.54) is 12.5 Å². The lowest BCUT2D eigenvalue weighted by atomic mass is 10.1. The van der Waals surface area contributed by atoms with Crippen LogP contribution in [0, 0.1) is 0 Å². The first-order valence-electron chi connectivity index (χ1n) is 9.42. The summed E-state index contributed by atoms with van der Waals surface area (Å²) in [7, 11) is 0. The van der Waals surface area contributed by atoms with Crippen LogP contribution in [0.5, 0.6) is 0 Å². The van der Waals surface area contributed by atoms with Gasteiger partial charge in [0.15, 0.2) is 0 Å². The number of aromatic amines is 1. The van der Waals surface area contributed by atoms with E-state index < -0.39 is 41.8 Å². The van der Waals surface area contributed by atoms with Crippen LogP contribution in [-0.2, 0) is 25.6 Å². The van der Waals surface area contributed by atoms with Crippen molar-refractivity contribution in [1.82, 2.24) is 25.9 Å². The Hall–Kier alpha value is -2.64. The van der Waals surface area contributed by atoms with Gasteiger partial charge in [-0.2, -0.15) is 12.6 Å². The molecule has 0 aromatic carbocycles. The van der Waals surface area contributed by atoms with Crippen LogP contribution in [0.4, 0.5) is 0 Å². The second-order valence-electron chi connectivity index (χ2n) is 6.59. The van der Waals surface area contributed by atoms with Crippen molar-refractivity contribution in [3.63, 3.8) is 0 Å². The molecule has 0 fully saturated rings. The summed E-state index contributed by atoms with van der Waals surface area (Å²) in [6.07, 6.45) is 4.72. The van der Waals surface area contributed by atoms with Gasteiger partial charge in [0.1, 0.15) is 12.1 Å². The van der Waals surface area contributed by atoms with Gasteiger partial charge in [-0.1, -0.05) is 6.42 Å². The Bertz CT molecular complexity index is 701. The molecule has 12 nitrogen and oxygen atoms in total. The Kier molecular flexibility index (Phi) is 11.5. The Labute approximate surface area is 179 Å². The maximum absolute atomic E-state index is 12.4. The van der Waals surface area contributed by atoms with Crippen LogP contribution < -0.4 is 27.4 Å². The molecule has 0 aliphatic heterocycles. The smallest absolute Gasteiger partial charge is 0.326 e. The van der Waals surface area contributed by atoms with Crippen molar-refractivity contribution in [1.29, 1.82) is 0 Å². The molecule has 0 aliphatic carbocycles. The van der Waals surface area contributed by atoms with Crippen molar-refractivity contribution in [3.05, 3.63) is 18.2 Å². The molecule has 0 saturated heterocycles. The summed E-state index contributed by atoms with van der Waals surface area (Å²) in [6, 6.07) is -3.06. The molecule has 13 heteroatoms. The molecule has 1 aromatic rings. The van der Waals surface area contributed by atoms with Gasteiger partial charge in [-0.05, 0) is 19.4 Å². The first kappa shape index (κ1) is 25.4. The first-order valence-corrected chi connectivity index (χ1v) is 10.1. The number of rotatable bonds is 14. The van der Waals surface area contributed by atoms with E-state index in [1.54, 1.807) is 0 Å². The summed E-state index contributed by atoms with van der Waals surface area (Å²) < 4.78 is 0. The van der Waals surface area contributed by atoms with E-state index in [2.05, 4.69) is 38.5 Å². The molecular weight excluding hydrogens is 414 g/mol. The zero-order valence-corrected chi connectivity index (χ0v) is 17.4. The molecule has 9 N–H and O–H groups in total. The largest absolute Gasteiger partial charge is 0.480 e. The van der Waals surface area contributed by atoms with Crippen molar-refractivity contribution >= 4 is 36.3 Å². The number of aromatic nitrogens is 2. The number of nitrogens with one attached hydrogen (secondary N) is 4. The number of carboxylic acids is 1. The summed E-state index contributed by atoms with van der Waals surface area (Å²) in [5, 5.41) is 16.5. The zero-order chi connectivity index (χ0) is 22.5. The van der Waals surface area contributed by atoms with Gasteiger partial charge in [0.25, 0.3) is 0 Å². The van der Waals surface area contributed by atoms with Crippen molar-refractivity contribution in [3.8, 4) is 0 Å². The second-order valence-corrected chi connectivity index (χ2v) is 6.96. The SMILES string of the molecule is NCCCCC(N)C(=O)NCC(=O)NC(CS)C(=O)NC(Cc1cnc[nH]1)C(=O)O. The standard InChI is InChI=1S/C17H29N7O5S/c18-4-2-1-3-11(19)15(26)21-7-14(25)23-13(8-30)16(27)24-12(17(28)29)5-10-6-20-9-22-10/h6,9,11-13,30H,1-5,7-8,18-19H2,(H,20,22)(H,21,26)(H,23,25)(H,24,27)(H,28,29). The van der Waals surface area contributed by atoms with Crippen molar-refractivity contribution in [2.75, 3.05) is 18.8 Å². The van der Waals surface area contributed by atoms with Crippen molar-refractivity contribution < 1.29 is 24.3 Å². The van der Waals surface area contributed by atoms with Gasteiger partial charge in [0.05, 0.1) is 18.9 Å². The number of nitrogens with zero attached hydrogens (tertiary/aromatic N) is 1. The molecule has 3 amide bonds. The van der Waals surface area contributed by atoms with E-state index in [1.807, 2.05) is 0 Å². The molecule has 0 aliphatic rings. The van der Waals surface area contributed by atoms with Gasteiger partial charge in [0, 0.05) is 24.1 Å². The Morgan fingerprint density at radius 1 is 1.17 bits per heavy atom. The van der Waals surface area contributed by atoms with Gasteiger partial charge in [-0.3, -0.25) is 14.4 Å². The van der Waals surface area contributed by atoms with E-state index in [4.69, 9.17) is 11.5 Å². The second kappa shape index (κ2) is 13.6. The highest BCUT2D eigenvalue weighted by molar-refractivity contribution is 7.80. The van der Waals surface area contributed by atoms with Crippen molar-refractivity contribution in [2.45, 2.75) is 43.8 Å². The van der Waals surface area contributed by atoms with Gasteiger partial charge in [-0.15, -0.1) is 0 Å². The first-order chi connectivity index (χ1) is 14.3. The number of unbranched alkanes of at least 4 members (excludes halogenated alkanes) is 1. The van der Waals surface area contributed by atoms with Crippen LogP contribution in [0.3, 0.4) is 0 Å². The third-order valence-electron chi connectivity index (χ3n) is 4.16. The minimum absolute atomic E-state index is 0.00753. The Morgan fingerprint density at radius 3 is 2.47 bits per heavy atom. The van der Waals surface area contributed by atoms with E-state index >= 15 is 0 Å². The highest BCUT2D eigenvalue weighted by Gasteiger charge is 2.26. The number of nitrogens with two attached hydrogens (primary N) is 2. The van der Waals surface area contributed by atoms with Crippen molar-refractivity contribution in [2.24, 2.45) is 11.5 Å². The number of carbonyl (C=O) groups is 4. The number of aliphatic carboxylic acids is 1. The van der Waals surface area contributed by atoms with Crippen LogP contribution in [0.15, 0.2) is 12.5 Å². The lowest BCUT2D eigenvalue weighted by molar-refractivity contribution is -0.142. The molecule has 1 heterocycles. The molecule has 1 aromatic heterocycles. The van der Waals surface area contributed by atoms with Gasteiger partial charge in [-0.25, -0.2) is 9.78 Å². The topological polar surface area (TPSA) is 205 Å². The number of imidazole rings is 1. The number of H-pyrrole nitrogens is 1. The molecular formula is C17H29N7O5S. The maximum Gasteiger partial charge on any atom is 0.326 e. The molecule has 0 saturated carbocycles. The normalized spacial score (nSPS) is 13.7. The fourth-order valence-corrected chi connectivity index (χ4v) is 2.72. The predicted octanol–water partition coefficient (Wildman–Crippen LogP) is -2.49. The molecule has 1 rings (SSSR count). The summed E-state index contributed by atoms with van der Waals surface area (Å²) >= 11 is 4.03. The third-order valence-corrected chi connectivity index (χ3v) is 4.52. The molecule has 3 atom stereocenters. The summed E-state index contributed by atoms with van der Waals surface area (Å²) in [5.74, 6) is -3.14. The molecule has 168 valence electrons. The fourth-order valence-electron chi connectivity index (χ4n) is 2.47. The molecule has 0 spiro atoms. The molecule has 0 radical (unpaired) electrons. The van der Waals surface area contributed by atoms with Crippen LogP contribution in [0.1, 0.15) is 25.0 Å². The lowest BCUT2D eigenvalue weighted by Crippen LogP contribution is -2.54. The van der Waals surface area contributed by atoms with E-state index in [-0.39, 0.29) is 18.7 Å². The average molecular weight is 444 g/mol. The average Bonchev–Trinajstić information content (AvgIpc) is 3.22. The number of amides is 3. The highest BCUT2D eigenvalue weighted by atomic mass is 32.1. The van der Waals surface area contributed by atoms with Gasteiger partial charge >= 0.3 is 5.97 Å². The molecule has 30 heavy (non-hydrogen) atoms. The summed E-state index contributed by atoms with van der Waals surface area (Å²) in [4.78, 5) is 54.3. The maximum atomic E-state index is 12.4. The predicted molar refractivity (Wildman–Crippen MR) is 112 cm³/mol. The van der Waals surface area contributed by atoms with Crippen LogP contribution in [-0.4, -0.2) is 75.7 Å². The molecule has 0 bridgehead atoms. The monoisotopic (exact) mass is 443 g/mol. The summed E-state index contributed by atoms with van der Waals surface area (Å²) in [5.41, 5.74) is 11.6. The number of hydrogen-bond donors (Lipinski definition) is 8. The quantitative estimate of drug-likeness (QED) is 0.114. The lowest BCUT2D eigenvalue weighted by Gasteiger charge is -2.20. The number of carbonyl (C=O) groups excluding carboxylic acids is 3. The summed E-state index contributed by atoms with van der Waals surface area (Å²) in [6.45, 7) is 0.131. The minimum atomic E-state index is -1.24. The van der Waals surface area contributed by atoms with Gasteiger partial charge in [0.2, 0.25) is 17.7 Å². The minimum Gasteiger partial charge on any atom is -0.480 e. The van der Waals surface area contributed by atoms with E-state index in [0.29, 0.717) is 25.1 Å². The van der Waals surface area contributed by atoms with E-state index in [0.717, 1.165) is 6.42 Å². The Balaban J connectivity index is 2.50. The van der Waals surface area contributed by atoms with Crippen LogP contribution in [0.25, 0.3) is 0 Å². The highest BCUT2D eigenvalue weighted by Crippen LogP contribution is 2.01. The van der Waals surface area contributed by atoms with Gasteiger partial charge < -0.3 is 37.5 Å².